The van der Waals surface area contributed by atoms with Crippen molar-refractivity contribution < 1.29 is 18.6 Å². The van der Waals surface area contributed by atoms with Gasteiger partial charge >= 0.3 is 0 Å². The molecule has 0 rings (SSSR count). The summed E-state index contributed by atoms with van der Waals surface area (Å²) >= 11 is 0. The van der Waals surface area contributed by atoms with Crippen LogP contribution in [0.4, 0.5) is 0 Å². The highest BCUT2D eigenvalue weighted by atomic mass is 32.2. The second-order valence-electron chi connectivity index (χ2n) is 5.49. The minimum Gasteiger partial charge on any atom is -0.396 e. The molecule has 0 aromatic heterocycles. The van der Waals surface area contributed by atoms with Crippen molar-refractivity contribution in [1.82, 2.24) is 10.0 Å². The van der Waals surface area contributed by atoms with Gasteiger partial charge in [0.05, 0.1) is 19.5 Å². The van der Waals surface area contributed by atoms with Crippen LogP contribution in [0.1, 0.15) is 20.8 Å². The molecule has 0 atom stereocenters. The van der Waals surface area contributed by atoms with Crippen molar-refractivity contribution in [3.05, 3.63) is 0 Å². The molecule has 0 saturated heterocycles. The van der Waals surface area contributed by atoms with E-state index in [9.17, 15) is 8.42 Å². The first-order chi connectivity index (χ1) is 7.54. The number of aliphatic hydroxyl groups excluding tert-OH is 2. The van der Waals surface area contributed by atoms with Crippen molar-refractivity contribution in [2.24, 2.45) is 5.41 Å². The average molecular weight is 268 g/mol. The van der Waals surface area contributed by atoms with E-state index in [1.54, 1.807) is 20.8 Å². The molecule has 0 aromatic rings. The minimum atomic E-state index is -3.25. The van der Waals surface area contributed by atoms with Crippen molar-refractivity contribution in [3.63, 3.8) is 0 Å². The molecule has 0 radical (unpaired) electrons. The van der Waals surface area contributed by atoms with Gasteiger partial charge in [0.1, 0.15) is 0 Å². The maximum Gasteiger partial charge on any atom is 0.209 e. The summed E-state index contributed by atoms with van der Waals surface area (Å²) in [6, 6.07) is 0. The average Bonchev–Trinajstić information content (AvgIpc) is 2.13. The largest absolute Gasteiger partial charge is 0.396 e. The van der Waals surface area contributed by atoms with E-state index < -0.39 is 21.0 Å². The Kier molecular flexibility index (Phi) is 6.03. The zero-order chi connectivity index (χ0) is 13.7. The third-order valence-electron chi connectivity index (χ3n) is 2.34. The zero-order valence-corrected chi connectivity index (χ0v) is 11.8. The molecular weight excluding hydrogens is 244 g/mol. The summed E-state index contributed by atoms with van der Waals surface area (Å²) in [7, 11) is -3.25. The van der Waals surface area contributed by atoms with Crippen molar-refractivity contribution in [3.8, 4) is 0 Å². The van der Waals surface area contributed by atoms with Crippen molar-refractivity contribution in [2.45, 2.75) is 26.3 Å². The Morgan fingerprint density at radius 1 is 1.06 bits per heavy atom. The van der Waals surface area contributed by atoms with Gasteiger partial charge in [0.25, 0.3) is 0 Å². The first-order valence-corrected chi connectivity index (χ1v) is 7.34. The van der Waals surface area contributed by atoms with Crippen LogP contribution < -0.4 is 10.0 Å². The van der Waals surface area contributed by atoms with Crippen molar-refractivity contribution in [1.29, 1.82) is 0 Å². The van der Waals surface area contributed by atoms with Crippen LogP contribution in [0, 0.1) is 5.41 Å². The summed E-state index contributed by atoms with van der Waals surface area (Å²) in [5, 5.41) is 21.2. The van der Waals surface area contributed by atoms with Crippen LogP contribution in [0.3, 0.4) is 0 Å². The molecule has 0 aromatic carbocycles. The standard InChI is InChI=1S/C10H24N2O4S/c1-9(2,12-17(4,15)16)5-11-6-10(3,7-13)8-14/h11-14H,5-8H2,1-4H3. The topological polar surface area (TPSA) is 98.7 Å². The first-order valence-electron chi connectivity index (χ1n) is 5.45. The normalized spacial score (nSPS) is 14.0. The lowest BCUT2D eigenvalue weighted by molar-refractivity contribution is 0.0687. The van der Waals surface area contributed by atoms with Gasteiger partial charge in [-0.15, -0.1) is 0 Å². The smallest absolute Gasteiger partial charge is 0.209 e. The second kappa shape index (κ2) is 6.10. The summed E-state index contributed by atoms with van der Waals surface area (Å²) in [6.45, 7) is 5.83. The monoisotopic (exact) mass is 268 g/mol. The van der Waals surface area contributed by atoms with E-state index in [0.717, 1.165) is 6.26 Å². The summed E-state index contributed by atoms with van der Waals surface area (Å²) < 4.78 is 24.7. The Labute approximate surface area is 103 Å². The van der Waals surface area contributed by atoms with E-state index in [2.05, 4.69) is 10.0 Å². The van der Waals surface area contributed by atoms with Crippen LogP contribution in [0.2, 0.25) is 0 Å². The van der Waals surface area contributed by atoms with Crippen LogP contribution >= 0.6 is 0 Å². The Bertz CT molecular complexity index is 323. The van der Waals surface area contributed by atoms with E-state index in [1.807, 2.05) is 0 Å². The fourth-order valence-corrected chi connectivity index (χ4v) is 2.45. The molecule has 4 N–H and O–H groups in total. The van der Waals surface area contributed by atoms with Crippen LogP contribution in [0.25, 0.3) is 0 Å². The molecule has 0 aliphatic heterocycles. The van der Waals surface area contributed by atoms with Gasteiger partial charge in [0.15, 0.2) is 0 Å². The molecule has 0 spiro atoms. The Morgan fingerprint density at radius 3 is 1.88 bits per heavy atom. The third-order valence-corrected chi connectivity index (χ3v) is 3.27. The van der Waals surface area contributed by atoms with Crippen molar-refractivity contribution in [2.75, 3.05) is 32.6 Å². The maximum atomic E-state index is 11.1. The molecule has 104 valence electrons. The van der Waals surface area contributed by atoms with Gasteiger partial charge in [-0.05, 0) is 13.8 Å². The highest BCUT2D eigenvalue weighted by Crippen LogP contribution is 2.12. The lowest BCUT2D eigenvalue weighted by Crippen LogP contribution is -2.52. The first kappa shape index (κ1) is 16.8. The lowest BCUT2D eigenvalue weighted by atomic mass is 9.92. The zero-order valence-electron chi connectivity index (χ0n) is 10.9. The molecule has 0 aliphatic carbocycles. The molecule has 6 nitrogen and oxygen atoms in total. The molecule has 0 bridgehead atoms. The van der Waals surface area contributed by atoms with Gasteiger partial charge in [0, 0.05) is 24.0 Å². The van der Waals surface area contributed by atoms with Gasteiger partial charge in [-0.25, -0.2) is 13.1 Å². The molecule has 0 amide bonds. The highest BCUT2D eigenvalue weighted by Gasteiger charge is 2.25. The number of hydrogen-bond donors (Lipinski definition) is 4. The predicted molar refractivity (Wildman–Crippen MR) is 67.2 cm³/mol. The number of rotatable bonds is 8. The molecule has 0 saturated carbocycles. The molecule has 0 heterocycles. The summed E-state index contributed by atoms with van der Waals surface area (Å²) in [5.41, 5.74) is -1.21. The fraction of sp³-hybridized carbons (Fsp3) is 1.00. The van der Waals surface area contributed by atoms with Gasteiger partial charge in [-0.2, -0.15) is 0 Å². The van der Waals surface area contributed by atoms with Gasteiger partial charge in [0.2, 0.25) is 10.0 Å². The molecule has 0 fully saturated rings. The second-order valence-corrected chi connectivity index (χ2v) is 7.24. The Hall–Kier alpha value is -0.210. The highest BCUT2D eigenvalue weighted by molar-refractivity contribution is 7.88. The molecule has 0 aliphatic rings. The van der Waals surface area contributed by atoms with E-state index in [1.165, 1.54) is 0 Å². The minimum absolute atomic E-state index is 0.129. The van der Waals surface area contributed by atoms with E-state index in [4.69, 9.17) is 10.2 Å². The van der Waals surface area contributed by atoms with Crippen molar-refractivity contribution >= 4 is 10.0 Å². The summed E-state index contributed by atoms with van der Waals surface area (Å²) in [4.78, 5) is 0. The maximum absolute atomic E-state index is 11.1. The lowest BCUT2D eigenvalue weighted by Gasteiger charge is -2.29. The Balaban J connectivity index is 4.20. The van der Waals surface area contributed by atoms with Crippen LogP contribution in [-0.4, -0.2) is 56.7 Å². The van der Waals surface area contributed by atoms with E-state index in [-0.39, 0.29) is 13.2 Å². The molecular formula is C10H24N2O4S. The Morgan fingerprint density at radius 2 is 1.53 bits per heavy atom. The van der Waals surface area contributed by atoms with Crippen LogP contribution in [0.5, 0.6) is 0 Å². The molecule has 7 heteroatoms. The third kappa shape index (κ3) is 7.67. The van der Waals surface area contributed by atoms with E-state index in [0.29, 0.717) is 13.1 Å². The van der Waals surface area contributed by atoms with Crippen LogP contribution in [-0.2, 0) is 10.0 Å². The number of nitrogens with one attached hydrogen (secondary N) is 2. The van der Waals surface area contributed by atoms with Gasteiger partial charge < -0.3 is 15.5 Å². The fourth-order valence-electron chi connectivity index (χ4n) is 1.38. The number of sulfonamides is 1. The van der Waals surface area contributed by atoms with E-state index >= 15 is 0 Å². The van der Waals surface area contributed by atoms with Gasteiger partial charge in [-0.3, -0.25) is 0 Å². The molecule has 0 unspecified atom stereocenters. The summed E-state index contributed by atoms with van der Waals surface area (Å²) in [6.07, 6.45) is 1.11. The van der Waals surface area contributed by atoms with Gasteiger partial charge in [-0.1, -0.05) is 6.92 Å². The summed E-state index contributed by atoms with van der Waals surface area (Å²) in [5.74, 6) is 0. The molecule has 17 heavy (non-hydrogen) atoms. The quantitative estimate of drug-likeness (QED) is 0.448. The SMILES string of the molecule is CC(CO)(CO)CNCC(C)(C)NS(C)(=O)=O. The number of aliphatic hydroxyl groups is 2. The number of hydrogen-bond acceptors (Lipinski definition) is 5. The predicted octanol–water partition coefficient (Wildman–Crippen LogP) is -1.11. The van der Waals surface area contributed by atoms with Crippen LogP contribution in [0.15, 0.2) is 0 Å².